The van der Waals surface area contributed by atoms with E-state index in [9.17, 15) is 9.90 Å². The van der Waals surface area contributed by atoms with Crippen molar-refractivity contribution in [3.05, 3.63) is 65.7 Å². The smallest absolute Gasteiger partial charge is 0.251 e. The van der Waals surface area contributed by atoms with Gasteiger partial charge in [-0.1, -0.05) is 30.3 Å². The highest BCUT2D eigenvalue weighted by Crippen LogP contribution is 2.51. The van der Waals surface area contributed by atoms with Crippen molar-refractivity contribution in [3.63, 3.8) is 0 Å². The van der Waals surface area contributed by atoms with E-state index in [0.717, 1.165) is 38.3 Å². The molecule has 5 heteroatoms. The summed E-state index contributed by atoms with van der Waals surface area (Å²) in [4.78, 5) is 15.6. The molecule has 3 aliphatic rings. The zero-order chi connectivity index (χ0) is 22.1. The van der Waals surface area contributed by atoms with Crippen LogP contribution in [0.2, 0.25) is 0 Å². The number of nitrogens with zero attached hydrogens (tertiary/aromatic N) is 1. The maximum atomic E-state index is 12.9. The third-order valence-corrected chi connectivity index (χ3v) is 7.92. The SMILES string of the molecule is COC1C[C@@H](NC(=O)c2ccccc2)C[C@]2(c3cccc(O)c3)CCN(CC3CC3)C[C@@H]12. The first-order valence-electron chi connectivity index (χ1n) is 12.0. The molecule has 4 atom stereocenters. The number of piperidine rings is 1. The van der Waals surface area contributed by atoms with Gasteiger partial charge >= 0.3 is 0 Å². The zero-order valence-corrected chi connectivity index (χ0v) is 18.9. The van der Waals surface area contributed by atoms with Crippen LogP contribution in [0.5, 0.6) is 5.75 Å². The summed E-state index contributed by atoms with van der Waals surface area (Å²) in [5.41, 5.74) is 1.75. The van der Waals surface area contributed by atoms with Crippen LogP contribution in [-0.2, 0) is 10.2 Å². The van der Waals surface area contributed by atoms with Gasteiger partial charge in [0.05, 0.1) is 6.10 Å². The van der Waals surface area contributed by atoms with E-state index in [1.54, 1.807) is 13.2 Å². The number of amides is 1. The van der Waals surface area contributed by atoms with Crippen molar-refractivity contribution in [3.8, 4) is 5.75 Å². The molecule has 0 bridgehead atoms. The molecule has 3 fully saturated rings. The minimum atomic E-state index is -0.119. The van der Waals surface area contributed by atoms with E-state index < -0.39 is 0 Å². The first-order valence-corrected chi connectivity index (χ1v) is 12.0. The van der Waals surface area contributed by atoms with Gasteiger partial charge in [0.25, 0.3) is 5.91 Å². The van der Waals surface area contributed by atoms with Gasteiger partial charge in [0.2, 0.25) is 0 Å². The van der Waals surface area contributed by atoms with Crippen molar-refractivity contribution in [2.24, 2.45) is 11.8 Å². The van der Waals surface area contributed by atoms with Gasteiger partial charge in [0.15, 0.2) is 0 Å². The number of rotatable bonds is 6. The Kier molecular flexibility index (Phi) is 5.95. The average Bonchev–Trinajstić information content (AvgIpc) is 3.63. The number of nitrogens with one attached hydrogen (secondary N) is 1. The Balaban J connectivity index is 1.44. The number of methoxy groups -OCH3 is 1. The van der Waals surface area contributed by atoms with E-state index in [1.165, 1.54) is 24.9 Å². The van der Waals surface area contributed by atoms with Crippen LogP contribution < -0.4 is 5.32 Å². The zero-order valence-electron chi connectivity index (χ0n) is 18.9. The van der Waals surface area contributed by atoms with E-state index in [0.29, 0.717) is 17.2 Å². The van der Waals surface area contributed by atoms with E-state index in [-0.39, 0.29) is 23.5 Å². The number of fused-ring (bicyclic) bond motifs is 1. The fourth-order valence-electron chi connectivity index (χ4n) is 6.13. The van der Waals surface area contributed by atoms with Crippen molar-refractivity contribution >= 4 is 5.91 Å². The van der Waals surface area contributed by atoms with Gasteiger partial charge in [0.1, 0.15) is 5.75 Å². The molecule has 2 aliphatic carbocycles. The Morgan fingerprint density at radius 3 is 2.72 bits per heavy atom. The number of phenolic OH excluding ortho intramolecular Hbond substituents is 1. The van der Waals surface area contributed by atoms with Crippen LogP contribution in [0.1, 0.15) is 48.0 Å². The minimum absolute atomic E-state index is 0.0267. The molecular formula is C27H34N2O3. The van der Waals surface area contributed by atoms with Crippen LogP contribution in [-0.4, -0.2) is 54.8 Å². The topological polar surface area (TPSA) is 61.8 Å². The Bertz CT molecular complexity index is 945. The molecule has 0 spiro atoms. The second kappa shape index (κ2) is 8.87. The number of aromatic hydroxyl groups is 1. The molecule has 1 saturated heterocycles. The predicted molar refractivity (Wildman–Crippen MR) is 125 cm³/mol. The van der Waals surface area contributed by atoms with Gasteiger partial charge in [-0.3, -0.25) is 4.79 Å². The maximum Gasteiger partial charge on any atom is 0.251 e. The monoisotopic (exact) mass is 434 g/mol. The van der Waals surface area contributed by atoms with E-state index >= 15 is 0 Å². The first kappa shape index (κ1) is 21.5. The third kappa shape index (κ3) is 4.28. The van der Waals surface area contributed by atoms with Gasteiger partial charge in [-0.2, -0.15) is 0 Å². The molecule has 2 aromatic rings. The Labute approximate surface area is 190 Å². The van der Waals surface area contributed by atoms with Gasteiger partial charge in [0, 0.05) is 43.1 Å². The summed E-state index contributed by atoms with van der Waals surface area (Å²) >= 11 is 0. The molecule has 1 heterocycles. The Morgan fingerprint density at radius 1 is 1.19 bits per heavy atom. The number of carbonyl (C=O) groups excluding carboxylic acids is 1. The fourth-order valence-corrected chi connectivity index (χ4v) is 6.13. The molecule has 5 rings (SSSR count). The van der Waals surface area contributed by atoms with Gasteiger partial charge in [-0.25, -0.2) is 0 Å². The number of carbonyl (C=O) groups is 1. The standard InChI is InChI=1S/C27H34N2O3/c1-32-25-15-22(28-26(31)20-6-3-2-4-7-20)16-27(21-8-5-9-23(30)14-21)12-13-29(18-24(25)27)17-19-10-11-19/h2-9,14,19,22,24-25,30H,10-13,15-18H2,1H3,(H,28,31)/t22-,24+,25?,27+/m1/s1. The molecule has 1 aliphatic heterocycles. The summed E-state index contributed by atoms with van der Waals surface area (Å²) in [6.07, 6.45) is 5.49. The number of phenols is 1. The molecule has 1 unspecified atom stereocenters. The van der Waals surface area contributed by atoms with Crippen molar-refractivity contribution in [2.75, 3.05) is 26.7 Å². The van der Waals surface area contributed by atoms with Gasteiger partial charge in [-0.05, 0) is 74.4 Å². The number of ether oxygens (including phenoxy) is 1. The van der Waals surface area contributed by atoms with Crippen LogP contribution in [0.25, 0.3) is 0 Å². The molecule has 2 aromatic carbocycles. The molecule has 2 saturated carbocycles. The number of likely N-dealkylation sites (tertiary alicyclic amines) is 1. The molecule has 0 radical (unpaired) electrons. The summed E-state index contributed by atoms with van der Waals surface area (Å²) < 4.78 is 6.08. The number of hydrogen-bond donors (Lipinski definition) is 2. The van der Waals surface area contributed by atoms with E-state index in [1.807, 2.05) is 42.5 Å². The summed E-state index contributed by atoms with van der Waals surface area (Å²) in [6.45, 7) is 3.26. The van der Waals surface area contributed by atoms with Gasteiger partial charge in [-0.15, -0.1) is 0 Å². The first-order chi connectivity index (χ1) is 15.6. The van der Waals surface area contributed by atoms with E-state index in [2.05, 4.69) is 16.3 Å². The highest BCUT2D eigenvalue weighted by atomic mass is 16.5. The lowest BCUT2D eigenvalue weighted by Gasteiger charge is -2.55. The average molecular weight is 435 g/mol. The fraction of sp³-hybridized carbons (Fsp3) is 0.519. The highest BCUT2D eigenvalue weighted by Gasteiger charge is 2.53. The van der Waals surface area contributed by atoms with Crippen LogP contribution >= 0.6 is 0 Å². The van der Waals surface area contributed by atoms with Crippen molar-refractivity contribution < 1.29 is 14.6 Å². The normalized spacial score (nSPS) is 30.5. The Morgan fingerprint density at radius 2 is 2.00 bits per heavy atom. The van der Waals surface area contributed by atoms with Crippen LogP contribution in [0.15, 0.2) is 54.6 Å². The largest absolute Gasteiger partial charge is 0.508 e. The second-order valence-electron chi connectivity index (χ2n) is 10.0. The lowest BCUT2D eigenvalue weighted by molar-refractivity contribution is -0.0678. The molecular weight excluding hydrogens is 400 g/mol. The molecule has 1 amide bonds. The highest BCUT2D eigenvalue weighted by molar-refractivity contribution is 5.94. The molecule has 170 valence electrons. The van der Waals surface area contributed by atoms with Crippen LogP contribution in [0, 0.1) is 11.8 Å². The summed E-state index contributed by atoms with van der Waals surface area (Å²) in [7, 11) is 1.80. The maximum absolute atomic E-state index is 12.9. The summed E-state index contributed by atoms with van der Waals surface area (Å²) in [5, 5.41) is 13.6. The van der Waals surface area contributed by atoms with Crippen molar-refractivity contribution in [2.45, 2.75) is 49.7 Å². The second-order valence-corrected chi connectivity index (χ2v) is 10.0. The van der Waals surface area contributed by atoms with E-state index in [4.69, 9.17) is 4.74 Å². The molecule has 5 nitrogen and oxygen atoms in total. The number of benzene rings is 2. The predicted octanol–water partition coefficient (Wildman–Crippen LogP) is 3.97. The van der Waals surface area contributed by atoms with Crippen molar-refractivity contribution in [1.29, 1.82) is 0 Å². The quantitative estimate of drug-likeness (QED) is 0.722. The lowest BCUT2D eigenvalue weighted by Crippen LogP contribution is -2.61. The molecule has 2 N–H and O–H groups in total. The minimum Gasteiger partial charge on any atom is -0.508 e. The third-order valence-electron chi connectivity index (χ3n) is 7.92. The summed E-state index contributed by atoms with van der Waals surface area (Å²) in [6, 6.07) is 17.2. The molecule has 32 heavy (non-hydrogen) atoms. The number of hydrogen-bond acceptors (Lipinski definition) is 4. The van der Waals surface area contributed by atoms with Crippen LogP contribution in [0.3, 0.4) is 0 Å². The molecule has 0 aromatic heterocycles. The summed E-state index contributed by atoms with van der Waals surface area (Å²) in [5.74, 6) is 1.49. The van der Waals surface area contributed by atoms with Gasteiger partial charge < -0.3 is 20.1 Å². The van der Waals surface area contributed by atoms with Crippen molar-refractivity contribution in [1.82, 2.24) is 10.2 Å². The van der Waals surface area contributed by atoms with Crippen LogP contribution in [0.4, 0.5) is 0 Å². The lowest BCUT2D eigenvalue weighted by atomic mass is 9.57. The Hall–Kier alpha value is -2.37.